The Labute approximate surface area is 143 Å². The Morgan fingerprint density at radius 1 is 0.962 bits per heavy atom. The number of hydrogen-bond acceptors (Lipinski definition) is 4. The Kier molecular flexibility index (Phi) is 5.81. The van der Waals surface area contributed by atoms with Crippen molar-refractivity contribution in [2.24, 2.45) is 10.9 Å². The maximum absolute atomic E-state index is 13.8. The van der Waals surface area contributed by atoms with Gasteiger partial charge in [-0.3, -0.25) is 14.6 Å². The average molecular weight is 371 g/mol. The summed E-state index contributed by atoms with van der Waals surface area (Å²) in [5.41, 5.74) is -1.32. The molecule has 0 spiro atoms. The molecule has 2 rings (SSSR count). The molecule has 9 heteroatoms. The van der Waals surface area contributed by atoms with Gasteiger partial charge in [-0.2, -0.15) is 0 Å². The Balaban J connectivity index is 2.41. The highest BCUT2D eigenvalue weighted by atomic mass is 19.2. The molecule has 136 valence electrons. The normalized spacial score (nSPS) is 12.2. The SMILES string of the molecule is COC(=O)C(C=Nc1ccc(F)cc1F)C(=O)c1cc(F)c(F)cc1F. The first-order valence-corrected chi connectivity index (χ1v) is 7.00. The molecule has 0 aromatic heterocycles. The Morgan fingerprint density at radius 2 is 1.62 bits per heavy atom. The molecule has 2 aromatic rings. The first-order chi connectivity index (χ1) is 12.2. The fourth-order valence-corrected chi connectivity index (χ4v) is 1.98. The summed E-state index contributed by atoms with van der Waals surface area (Å²) in [5, 5.41) is 0. The van der Waals surface area contributed by atoms with E-state index in [0.717, 1.165) is 19.2 Å². The fourth-order valence-electron chi connectivity index (χ4n) is 1.98. The number of ketones is 1. The van der Waals surface area contributed by atoms with Crippen LogP contribution in [-0.4, -0.2) is 25.1 Å². The lowest BCUT2D eigenvalue weighted by molar-refractivity contribution is -0.141. The number of carbonyl (C=O) groups is 2. The lowest BCUT2D eigenvalue weighted by Crippen LogP contribution is -2.27. The lowest BCUT2D eigenvalue weighted by Gasteiger charge is -2.10. The number of esters is 1. The number of benzene rings is 2. The molecule has 0 aliphatic rings. The van der Waals surface area contributed by atoms with Crippen LogP contribution in [0.5, 0.6) is 0 Å². The van der Waals surface area contributed by atoms with E-state index in [9.17, 15) is 31.5 Å². The minimum absolute atomic E-state index is 0.147. The molecule has 0 saturated carbocycles. The van der Waals surface area contributed by atoms with Crippen LogP contribution in [0.2, 0.25) is 0 Å². The Morgan fingerprint density at radius 3 is 2.23 bits per heavy atom. The summed E-state index contributed by atoms with van der Waals surface area (Å²) in [4.78, 5) is 27.6. The molecular weight excluding hydrogens is 361 g/mol. The van der Waals surface area contributed by atoms with Crippen LogP contribution < -0.4 is 0 Å². The van der Waals surface area contributed by atoms with Crippen molar-refractivity contribution < 1.29 is 36.3 Å². The van der Waals surface area contributed by atoms with Gasteiger partial charge >= 0.3 is 5.97 Å². The standard InChI is InChI=1S/C17H10F5NO3/c1-26-17(25)10(7-23-15-3-2-8(18)4-14(15)22)16(24)9-5-12(20)13(21)6-11(9)19/h2-7,10H,1H3. The largest absolute Gasteiger partial charge is 0.468 e. The van der Waals surface area contributed by atoms with Gasteiger partial charge in [0, 0.05) is 18.3 Å². The van der Waals surface area contributed by atoms with Crippen LogP contribution in [0.4, 0.5) is 27.6 Å². The van der Waals surface area contributed by atoms with Crippen molar-refractivity contribution >= 4 is 23.7 Å². The summed E-state index contributed by atoms with van der Waals surface area (Å²) in [7, 11) is 0.927. The van der Waals surface area contributed by atoms with Gasteiger partial charge in [-0.05, 0) is 18.2 Å². The van der Waals surface area contributed by atoms with Crippen LogP contribution in [-0.2, 0) is 9.53 Å². The second-order valence-electron chi connectivity index (χ2n) is 4.99. The predicted octanol–water partition coefficient (Wildman–Crippen LogP) is 3.76. The van der Waals surface area contributed by atoms with E-state index in [4.69, 9.17) is 0 Å². The second kappa shape index (κ2) is 7.85. The van der Waals surface area contributed by atoms with E-state index in [-0.39, 0.29) is 12.1 Å². The van der Waals surface area contributed by atoms with Gasteiger partial charge in [0.25, 0.3) is 0 Å². The summed E-state index contributed by atoms with van der Waals surface area (Å²) in [6, 6.07) is 2.79. The molecule has 0 radical (unpaired) electrons. The average Bonchev–Trinajstić information content (AvgIpc) is 2.59. The maximum Gasteiger partial charge on any atom is 0.322 e. The molecule has 0 aliphatic carbocycles. The van der Waals surface area contributed by atoms with Gasteiger partial charge in [-0.1, -0.05) is 0 Å². The third-order valence-electron chi connectivity index (χ3n) is 3.29. The van der Waals surface area contributed by atoms with Gasteiger partial charge in [-0.25, -0.2) is 22.0 Å². The number of nitrogens with zero attached hydrogens (tertiary/aromatic N) is 1. The van der Waals surface area contributed by atoms with E-state index in [1.54, 1.807) is 0 Å². The molecular formula is C17H10F5NO3. The van der Waals surface area contributed by atoms with Crippen molar-refractivity contribution in [2.75, 3.05) is 7.11 Å². The molecule has 4 nitrogen and oxygen atoms in total. The van der Waals surface area contributed by atoms with Crippen LogP contribution in [0.25, 0.3) is 0 Å². The van der Waals surface area contributed by atoms with Gasteiger partial charge in [-0.15, -0.1) is 0 Å². The molecule has 0 heterocycles. The zero-order valence-electron chi connectivity index (χ0n) is 13.1. The summed E-state index contributed by atoms with van der Waals surface area (Å²) < 4.78 is 70.8. The molecule has 0 fully saturated rings. The summed E-state index contributed by atoms with van der Waals surface area (Å²) in [5.74, 6) is -10.7. The zero-order chi connectivity index (χ0) is 19.4. The fraction of sp³-hybridized carbons (Fsp3) is 0.118. The Hall–Kier alpha value is -3.10. The van der Waals surface area contributed by atoms with Gasteiger partial charge in [0.2, 0.25) is 0 Å². The molecule has 0 bridgehead atoms. The minimum atomic E-state index is -1.86. The molecule has 0 amide bonds. The van der Waals surface area contributed by atoms with E-state index in [0.29, 0.717) is 12.3 Å². The summed E-state index contributed by atoms with van der Waals surface area (Å²) >= 11 is 0. The van der Waals surface area contributed by atoms with Gasteiger partial charge in [0.15, 0.2) is 29.2 Å². The molecule has 26 heavy (non-hydrogen) atoms. The van der Waals surface area contributed by atoms with E-state index in [2.05, 4.69) is 9.73 Å². The van der Waals surface area contributed by atoms with Crippen LogP contribution in [0.1, 0.15) is 10.4 Å². The number of halogens is 5. The molecule has 0 saturated heterocycles. The lowest BCUT2D eigenvalue weighted by atomic mass is 9.98. The predicted molar refractivity (Wildman–Crippen MR) is 80.7 cm³/mol. The van der Waals surface area contributed by atoms with E-state index in [1.165, 1.54) is 0 Å². The quantitative estimate of drug-likeness (QED) is 0.201. The van der Waals surface area contributed by atoms with E-state index in [1.807, 2.05) is 0 Å². The third kappa shape index (κ3) is 4.11. The van der Waals surface area contributed by atoms with Crippen molar-refractivity contribution in [2.45, 2.75) is 0 Å². The summed E-state index contributed by atoms with van der Waals surface area (Å²) in [6.45, 7) is 0. The van der Waals surface area contributed by atoms with Crippen LogP contribution in [0.15, 0.2) is 35.3 Å². The van der Waals surface area contributed by atoms with Crippen LogP contribution in [0, 0.1) is 35.0 Å². The van der Waals surface area contributed by atoms with Crippen molar-refractivity contribution in [1.29, 1.82) is 0 Å². The third-order valence-corrected chi connectivity index (χ3v) is 3.29. The van der Waals surface area contributed by atoms with Gasteiger partial charge in [0.05, 0.1) is 18.4 Å². The summed E-state index contributed by atoms with van der Waals surface area (Å²) in [6.07, 6.45) is 0.644. The van der Waals surface area contributed by atoms with Gasteiger partial charge < -0.3 is 4.74 Å². The van der Waals surface area contributed by atoms with Crippen molar-refractivity contribution in [3.63, 3.8) is 0 Å². The molecule has 1 atom stereocenters. The highest BCUT2D eigenvalue weighted by Gasteiger charge is 2.30. The highest BCUT2D eigenvalue weighted by Crippen LogP contribution is 2.21. The van der Waals surface area contributed by atoms with Crippen molar-refractivity contribution in [1.82, 2.24) is 0 Å². The number of ether oxygens (including phenoxy) is 1. The van der Waals surface area contributed by atoms with Crippen LogP contribution >= 0.6 is 0 Å². The van der Waals surface area contributed by atoms with E-state index >= 15 is 0 Å². The Bertz CT molecular complexity index is 898. The number of Topliss-reactive ketones (excluding diaryl/α,β-unsaturated/α-hetero) is 1. The number of rotatable bonds is 5. The van der Waals surface area contributed by atoms with Crippen molar-refractivity contribution in [3.8, 4) is 0 Å². The topological polar surface area (TPSA) is 55.7 Å². The molecule has 1 unspecified atom stereocenters. The van der Waals surface area contributed by atoms with Gasteiger partial charge in [0.1, 0.15) is 11.6 Å². The van der Waals surface area contributed by atoms with E-state index < -0.39 is 58.0 Å². The zero-order valence-corrected chi connectivity index (χ0v) is 13.1. The monoisotopic (exact) mass is 371 g/mol. The number of aliphatic imine (C=N–C) groups is 1. The second-order valence-corrected chi connectivity index (χ2v) is 4.99. The van der Waals surface area contributed by atoms with Crippen molar-refractivity contribution in [3.05, 3.63) is 65.0 Å². The number of hydrogen-bond donors (Lipinski definition) is 0. The maximum atomic E-state index is 13.8. The minimum Gasteiger partial charge on any atom is -0.468 e. The highest BCUT2D eigenvalue weighted by molar-refractivity contribution is 6.18. The first kappa shape index (κ1) is 19.2. The molecule has 0 aliphatic heterocycles. The number of methoxy groups -OCH3 is 1. The number of carbonyl (C=O) groups excluding carboxylic acids is 2. The molecule has 0 N–H and O–H groups in total. The van der Waals surface area contributed by atoms with Crippen LogP contribution in [0.3, 0.4) is 0 Å². The first-order valence-electron chi connectivity index (χ1n) is 7.00. The molecule has 2 aromatic carbocycles. The smallest absolute Gasteiger partial charge is 0.322 e.